The summed E-state index contributed by atoms with van der Waals surface area (Å²) in [5.41, 5.74) is 0.752. The zero-order chi connectivity index (χ0) is 14.7. The average Bonchev–Trinajstić information content (AvgIpc) is 2.67. The summed E-state index contributed by atoms with van der Waals surface area (Å²) in [7, 11) is 1.57. The lowest BCUT2D eigenvalue weighted by Crippen LogP contribution is -2.28. The summed E-state index contributed by atoms with van der Waals surface area (Å²) in [5.74, 6) is -0.0448. The normalized spacial score (nSPS) is 12.6. The summed E-state index contributed by atoms with van der Waals surface area (Å²) < 4.78 is 8.84. The molecule has 0 aliphatic carbocycles. The molecular weight excluding hydrogens is 324 g/mol. The lowest BCUT2D eigenvalue weighted by Gasteiger charge is -2.11. The number of nitrogens with zero attached hydrogens (tertiary/aromatic N) is 2. The molecule has 0 saturated carbocycles. The minimum absolute atomic E-state index is 0.0448. The maximum atomic E-state index is 12.3. The van der Waals surface area contributed by atoms with E-state index in [4.69, 9.17) is 4.74 Å². The minimum atomic E-state index is -0.241. The van der Waals surface area contributed by atoms with Crippen molar-refractivity contribution in [3.05, 3.63) is 51.0 Å². The number of imidazole rings is 1. The molecule has 6 heteroatoms. The number of aromatic hydroxyl groups is 1. The molecule has 2 aromatic rings. The standard InChI is InChI=1S/C14H17BrN2O3/c1-10(9-20-2)17-13(18)8-16(14(17)19)7-11-3-5-12(15)6-4-11/h3-6,8,10,18H,7,9H2,1-2H3. The number of methoxy groups -OCH3 is 1. The van der Waals surface area contributed by atoms with Crippen LogP contribution in [0.15, 0.2) is 39.7 Å². The predicted octanol–water partition coefficient (Wildman–Crippen LogP) is 2.37. The van der Waals surface area contributed by atoms with Crippen LogP contribution in [0.5, 0.6) is 5.88 Å². The van der Waals surface area contributed by atoms with Crippen LogP contribution in [0.4, 0.5) is 0 Å². The highest BCUT2D eigenvalue weighted by Crippen LogP contribution is 2.16. The van der Waals surface area contributed by atoms with E-state index >= 15 is 0 Å². The molecule has 0 radical (unpaired) electrons. The molecule has 0 amide bonds. The van der Waals surface area contributed by atoms with Gasteiger partial charge in [0.05, 0.1) is 25.4 Å². The van der Waals surface area contributed by atoms with Gasteiger partial charge in [-0.15, -0.1) is 0 Å². The molecule has 0 fully saturated rings. The highest BCUT2D eigenvalue weighted by Gasteiger charge is 2.16. The summed E-state index contributed by atoms with van der Waals surface area (Å²) in [6.45, 7) is 2.62. The van der Waals surface area contributed by atoms with Gasteiger partial charge in [-0.25, -0.2) is 4.79 Å². The van der Waals surface area contributed by atoms with Crippen molar-refractivity contribution < 1.29 is 9.84 Å². The fourth-order valence-corrected chi connectivity index (χ4v) is 2.39. The van der Waals surface area contributed by atoms with Gasteiger partial charge in [0, 0.05) is 11.6 Å². The van der Waals surface area contributed by atoms with Gasteiger partial charge >= 0.3 is 5.69 Å². The van der Waals surface area contributed by atoms with Crippen molar-refractivity contribution in [2.24, 2.45) is 0 Å². The van der Waals surface area contributed by atoms with Crippen molar-refractivity contribution in [1.29, 1.82) is 0 Å². The zero-order valence-electron chi connectivity index (χ0n) is 11.4. The predicted molar refractivity (Wildman–Crippen MR) is 80.2 cm³/mol. The van der Waals surface area contributed by atoms with Crippen LogP contribution >= 0.6 is 15.9 Å². The molecule has 0 spiro atoms. The van der Waals surface area contributed by atoms with Crippen LogP contribution in [0.2, 0.25) is 0 Å². The van der Waals surface area contributed by atoms with Gasteiger partial charge < -0.3 is 9.84 Å². The van der Waals surface area contributed by atoms with E-state index < -0.39 is 0 Å². The molecule has 0 aliphatic rings. The molecular formula is C14H17BrN2O3. The number of ether oxygens (including phenoxy) is 1. The summed E-state index contributed by atoms with van der Waals surface area (Å²) in [5, 5.41) is 9.91. The van der Waals surface area contributed by atoms with Gasteiger partial charge in [0.1, 0.15) is 0 Å². The quantitative estimate of drug-likeness (QED) is 0.909. The Balaban J connectivity index is 2.28. The molecule has 1 unspecified atom stereocenters. The number of halogens is 1. The van der Waals surface area contributed by atoms with Gasteiger partial charge in [-0.3, -0.25) is 9.13 Å². The van der Waals surface area contributed by atoms with Crippen LogP contribution in [0.25, 0.3) is 0 Å². The van der Waals surface area contributed by atoms with Gasteiger partial charge in [-0.1, -0.05) is 28.1 Å². The Morgan fingerprint density at radius 1 is 1.35 bits per heavy atom. The lowest BCUT2D eigenvalue weighted by atomic mass is 10.2. The Hall–Kier alpha value is -1.53. The molecule has 20 heavy (non-hydrogen) atoms. The molecule has 0 aliphatic heterocycles. The van der Waals surface area contributed by atoms with Crippen molar-refractivity contribution in [3.63, 3.8) is 0 Å². The van der Waals surface area contributed by atoms with Crippen molar-refractivity contribution in [3.8, 4) is 5.88 Å². The van der Waals surface area contributed by atoms with E-state index in [1.807, 2.05) is 31.2 Å². The Bertz CT molecular complexity index is 631. The van der Waals surface area contributed by atoms with Crippen molar-refractivity contribution in [1.82, 2.24) is 9.13 Å². The second-order valence-electron chi connectivity index (χ2n) is 4.70. The van der Waals surface area contributed by atoms with Crippen LogP contribution in [0, 0.1) is 0 Å². The van der Waals surface area contributed by atoms with E-state index in [9.17, 15) is 9.90 Å². The minimum Gasteiger partial charge on any atom is -0.493 e. The first kappa shape index (κ1) is 14.9. The number of hydrogen-bond donors (Lipinski definition) is 1. The molecule has 0 saturated heterocycles. The first-order chi connectivity index (χ1) is 9.52. The molecule has 108 valence electrons. The number of hydrogen-bond acceptors (Lipinski definition) is 3. The first-order valence-electron chi connectivity index (χ1n) is 6.27. The number of aromatic nitrogens is 2. The highest BCUT2D eigenvalue weighted by atomic mass is 79.9. The Kier molecular flexibility index (Phi) is 4.67. The van der Waals surface area contributed by atoms with E-state index in [1.165, 1.54) is 15.3 Å². The smallest absolute Gasteiger partial charge is 0.331 e. The van der Waals surface area contributed by atoms with Crippen molar-refractivity contribution in [2.75, 3.05) is 13.7 Å². The van der Waals surface area contributed by atoms with E-state index in [0.29, 0.717) is 13.2 Å². The third-order valence-electron chi connectivity index (χ3n) is 3.08. The second kappa shape index (κ2) is 6.28. The third-order valence-corrected chi connectivity index (χ3v) is 3.61. The SMILES string of the molecule is COCC(C)n1c(O)cn(Cc2ccc(Br)cc2)c1=O. The number of rotatable bonds is 5. The summed E-state index contributed by atoms with van der Waals surface area (Å²) in [6, 6.07) is 7.50. The topological polar surface area (TPSA) is 56.4 Å². The lowest BCUT2D eigenvalue weighted by molar-refractivity contribution is 0.156. The average molecular weight is 341 g/mol. The molecule has 1 atom stereocenters. The summed E-state index contributed by atoms with van der Waals surface area (Å²) in [6.07, 6.45) is 1.45. The molecule has 1 heterocycles. The molecule has 5 nitrogen and oxygen atoms in total. The van der Waals surface area contributed by atoms with Crippen LogP contribution in [-0.2, 0) is 11.3 Å². The largest absolute Gasteiger partial charge is 0.493 e. The van der Waals surface area contributed by atoms with E-state index in [2.05, 4.69) is 15.9 Å². The van der Waals surface area contributed by atoms with E-state index in [1.54, 1.807) is 7.11 Å². The molecule has 1 N–H and O–H groups in total. The van der Waals surface area contributed by atoms with Crippen LogP contribution in [-0.4, -0.2) is 28.0 Å². The van der Waals surface area contributed by atoms with Crippen LogP contribution in [0.1, 0.15) is 18.5 Å². The van der Waals surface area contributed by atoms with Crippen molar-refractivity contribution in [2.45, 2.75) is 19.5 Å². The zero-order valence-corrected chi connectivity index (χ0v) is 13.0. The van der Waals surface area contributed by atoms with Crippen LogP contribution < -0.4 is 5.69 Å². The van der Waals surface area contributed by atoms with Gasteiger partial charge in [-0.05, 0) is 24.6 Å². The van der Waals surface area contributed by atoms with Gasteiger partial charge in [0.15, 0.2) is 0 Å². The fourth-order valence-electron chi connectivity index (χ4n) is 2.12. The Morgan fingerprint density at radius 2 is 2.00 bits per heavy atom. The molecule has 1 aromatic carbocycles. The van der Waals surface area contributed by atoms with E-state index in [0.717, 1.165) is 10.0 Å². The molecule has 1 aromatic heterocycles. The third kappa shape index (κ3) is 3.13. The monoisotopic (exact) mass is 340 g/mol. The van der Waals surface area contributed by atoms with Crippen molar-refractivity contribution >= 4 is 15.9 Å². The maximum Gasteiger partial charge on any atom is 0.331 e. The van der Waals surface area contributed by atoms with E-state index in [-0.39, 0.29) is 17.6 Å². The van der Waals surface area contributed by atoms with Crippen LogP contribution in [0.3, 0.4) is 0 Å². The Labute approximate surface area is 125 Å². The molecule has 2 rings (SSSR count). The molecule has 0 bridgehead atoms. The van der Waals surface area contributed by atoms with Gasteiger partial charge in [-0.2, -0.15) is 0 Å². The van der Waals surface area contributed by atoms with Gasteiger partial charge in [0.25, 0.3) is 0 Å². The first-order valence-corrected chi connectivity index (χ1v) is 7.06. The maximum absolute atomic E-state index is 12.3. The highest BCUT2D eigenvalue weighted by molar-refractivity contribution is 9.10. The summed E-state index contributed by atoms with van der Waals surface area (Å²) >= 11 is 3.37. The summed E-state index contributed by atoms with van der Waals surface area (Å²) in [4.78, 5) is 12.3. The fraction of sp³-hybridized carbons (Fsp3) is 0.357. The van der Waals surface area contributed by atoms with Gasteiger partial charge in [0.2, 0.25) is 5.88 Å². The number of benzene rings is 1. The second-order valence-corrected chi connectivity index (χ2v) is 5.61. The Morgan fingerprint density at radius 3 is 2.60 bits per heavy atom.